The zero-order chi connectivity index (χ0) is 24.6. The van der Waals surface area contributed by atoms with Crippen LogP contribution in [-0.2, 0) is 20.8 Å². The van der Waals surface area contributed by atoms with Gasteiger partial charge in [-0.3, -0.25) is 4.90 Å². The number of carbonyl (C=O) groups is 1. The van der Waals surface area contributed by atoms with Gasteiger partial charge in [-0.25, -0.2) is 9.48 Å². The second kappa shape index (κ2) is 12.9. The van der Waals surface area contributed by atoms with Crippen molar-refractivity contribution >= 4 is 6.09 Å². The molecule has 1 aliphatic carbocycles. The number of primary amides is 1. The third kappa shape index (κ3) is 8.22. The standard InChI is InChI=1S/C20H34N4O2.C5H11NO2/c1-21-14-17-15-24(19-4-2-3-11-26-19)22-20(17)16-5-7-18(8-6-16)23-9-12-25-13-10-23;1-5(2,3)8-4(6)7/h15-16,18-19,21H,2-14H2,1H3;1-3H3,(H2,6,7). The molecule has 9 nitrogen and oxygen atoms in total. The Balaban J connectivity index is 0.000000350. The fourth-order valence-corrected chi connectivity index (χ4v) is 5.15. The average Bonchev–Trinajstić information content (AvgIpc) is 3.23. The number of ether oxygens (including phenoxy) is 3. The highest BCUT2D eigenvalue weighted by Gasteiger charge is 2.30. The Kier molecular flexibility index (Phi) is 10.2. The van der Waals surface area contributed by atoms with Crippen LogP contribution in [-0.4, -0.2) is 72.4 Å². The van der Waals surface area contributed by atoms with Crippen LogP contribution >= 0.6 is 0 Å². The van der Waals surface area contributed by atoms with Crippen LogP contribution in [0.4, 0.5) is 4.79 Å². The van der Waals surface area contributed by atoms with Crippen molar-refractivity contribution in [3.8, 4) is 0 Å². The number of aromatic nitrogens is 2. The number of hydrogen-bond donors (Lipinski definition) is 2. The van der Waals surface area contributed by atoms with E-state index in [9.17, 15) is 4.79 Å². The summed E-state index contributed by atoms with van der Waals surface area (Å²) in [4.78, 5) is 12.7. The maximum Gasteiger partial charge on any atom is 0.405 e. The van der Waals surface area contributed by atoms with Crippen LogP contribution in [0.3, 0.4) is 0 Å². The predicted molar refractivity (Wildman–Crippen MR) is 132 cm³/mol. The smallest absolute Gasteiger partial charge is 0.405 e. The lowest BCUT2D eigenvalue weighted by molar-refractivity contribution is -0.0398. The summed E-state index contributed by atoms with van der Waals surface area (Å²) in [5.41, 5.74) is 6.94. The topological polar surface area (TPSA) is 104 Å². The van der Waals surface area contributed by atoms with Crippen molar-refractivity contribution in [2.75, 3.05) is 40.0 Å². The Labute approximate surface area is 204 Å². The zero-order valence-corrected chi connectivity index (χ0v) is 21.6. The summed E-state index contributed by atoms with van der Waals surface area (Å²) < 4.78 is 18.1. The summed E-state index contributed by atoms with van der Waals surface area (Å²) >= 11 is 0. The zero-order valence-electron chi connectivity index (χ0n) is 21.6. The number of rotatable bonds is 5. The minimum absolute atomic E-state index is 0.137. The van der Waals surface area contributed by atoms with Crippen LogP contribution in [0.1, 0.15) is 89.1 Å². The molecule has 2 saturated heterocycles. The summed E-state index contributed by atoms with van der Waals surface area (Å²) in [5.74, 6) is 0.598. The first kappa shape index (κ1) is 26.9. The molecule has 3 fully saturated rings. The van der Waals surface area contributed by atoms with Gasteiger partial charge in [-0.1, -0.05) is 0 Å². The van der Waals surface area contributed by atoms with E-state index in [1.165, 1.54) is 49.8 Å². The number of amides is 1. The van der Waals surface area contributed by atoms with E-state index in [4.69, 9.17) is 20.3 Å². The molecule has 1 atom stereocenters. The largest absolute Gasteiger partial charge is 0.444 e. The van der Waals surface area contributed by atoms with Crippen molar-refractivity contribution in [1.82, 2.24) is 20.0 Å². The van der Waals surface area contributed by atoms with Crippen LogP contribution in [0.25, 0.3) is 0 Å². The highest BCUT2D eigenvalue weighted by Crippen LogP contribution is 2.36. The van der Waals surface area contributed by atoms with Gasteiger partial charge in [0, 0.05) is 50.0 Å². The molecule has 1 saturated carbocycles. The molecule has 194 valence electrons. The fourth-order valence-electron chi connectivity index (χ4n) is 5.15. The molecule has 0 aromatic carbocycles. The molecule has 4 rings (SSSR count). The van der Waals surface area contributed by atoms with Crippen molar-refractivity contribution in [2.24, 2.45) is 5.73 Å². The molecular formula is C25H45N5O4. The van der Waals surface area contributed by atoms with E-state index in [0.29, 0.717) is 5.92 Å². The first-order chi connectivity index (χ1) is 16.3. The van der Waals surface area contributed by atoms with Gasteiger partial charge < -0.3 is 25.3 Å². The predicted octanol–water partition coefficient (Wildman–Crippen LogP) is 3.54. The summed E-state index contributed by atoms with van der Waals surface area (Å²) in [5, 5.41) is 8.36. The first-order valence-electron chi connectivity index (χ1n) is 12.9. The van der Waals surface area contributed by atoms with Crippen LogP contribution in [0.2, 0.25) is 0 Å². The van der Waals surface area contributed by atoms with Gasteiger partial charge in [0.1, 0.15) is 11.8 Å². The first-order valence-corrected chi connectivity index (χ1v) is 12.9. The SMILES string of the molecule is CC(C)(C)OC(N)=O.CNCc1cn(C2CCCCO2)nc1C1CCC(N2CCOCC2)CC1. The monoisotopic (exact) mass is 479 g/mol. The highest BCUT2D eigenvalue weighted by atomic mass is 16.6. The maximum absolute atomic E-state index is 10.0. The van der Waals surface area contributed by atoms with Gasteiger partial charge in [-0.05, 0) is 72.8 Å². The molecule has 2 aliphatic heterocycles. The quantitative estimate of drug-likeness (QED) is 0.666. The van der Waals surface area contributed by atoms with E-state index in [1.807, 2.05) is 7.05 Å². The third-order valence-corrected chi connectivity index (χ3v) is 6.71. The van der Waals surface area contributed by atoms with Crippen LogP contribution in [0, 0.1) is 0 Å². The van der Waals surface area contributed by atoms with E-state index in [-0.39, 0.29) is 6.23 Å². The number of morpholine rings is 1. The lowest BCUT2D eigenvalue weighted by atomic mass is 9.82. The van der Waals surface area contributed by atoms with Crippen molar-refractivity contribution in [3.63, 3.8) is 0 Å². The van der Waals surface area contributed by atoms with Gasteiger partial charge in [0.05, 0.1) is 18.9 Å². The van der Waals surface area contributed by atoms with Crippen molar-refractivity contribution in [2.45, 2.75) is 96.1 Å². The molecule has 1 aromatic rings. The molecule has 3 heterocycles. The summed E-state index contributed by atoms with van der Waals surface area (Å²) in [6.07, 6.45) is 10.2. The second-order valence-corrected chi connectivity index (χ2v) is 10.6. The number of nitrogens with zero attached hydrogens (tertiary/aromatic N) is 3. The number of nitrogens with two attached hydrogens (primary N) is 1. The Morgan fingerprint density at radius 3 is 2.38 bits per heavy atom. The van der Waals surface area contributed by atoms with Gasteiger partial charge in [0.25, 0.3) is 0 Å². The summed E-state index contributed by atoms with van der Waals surface area (Å²) in [6, 6.07) is 0.742. The minimum atomic E-state index is -0.725. The van der Waals surface area contributed by atoms with Crippen molar-refractivity contribution in [3.05, 3.63) is 17.5 Å². The van der Waals surface area contributed by atoms with Gasteiger partial charge in [0.15, 0.2) is 0 Å². The Hall–Kier alpha value is -1.68. The molecule has 34 heavy (non-hydrogen) atoms. The summed E-state index contributed by atoms with van der Waals surface area (Å²) in [7, 11) is 2.02. The highest BCUT2D eigenvalue weighted by molar-refractivity contribution is 5.65. The van der Waals surface area contributed by atoms with Gasteiger partial charge in [-0.2, -0.15) is 5.10 Å². The average molecular weight is 480 g/mol. The van der Waals surface area contributed by atoms with Crippen LogP contribution in [0.15, 0.2) is 6.20 Å². The van der Waals surface area contributed by atoms with Crippen LogP contribution < -0.4 is 11.1 Å². The molecule has 1 amide bonds. The number of hydrogen-bond acceptors (Lipinski definition) is 7. The van der Waals surface area contributed by atoms with Gasteiger partial charge in [-0.15, -0.1) is 0 Å². The van der Waals surface area contributed by atoms with E-state index in [0.717, 1.165) is 51.9 Å². The lowest BCUT2D eigenvalue weighted by Gasteiger charge is -2.38. The normalized spacial score (nSPS) is 26.4. The van der Waals surface area contributed by atoms with E-state index in [2.05, 4.69) is 25.8 Å². The molecule has 0 spiro atoms. The Morgan fingerprint density at radius 2 is 1.85 bits per heavy atom. The molecular weight excluding hydrogens is 434 g/mol. The van der Waals surface area contributed by atoms with Crippen molar-refractivity contribution in [1.29, 1.82) is 0 Å². The second-order valence-electron chi connectivity index (χ2n) is 10.6. The number of carbonyl (C=O) groups excluding carboxylic acids is 1. The van der Waals surface area contributed by atoms with Gasteiger partial charge in [0.2, 0.25) is 0 Å². The van der Waals surface area contributed by atoms with Gasteiger partial charge >= 0.3 is 6.09 Å². The molecule has 1 aromatic heterocycles. The summed E-state index contributed by atoms with van der Waals surface area (Å²) in [6.45, 7) is 11.1. The van der Waals surface area contributed by atoms with E-state index in [1.54, 1.807) is 20.8 Å². The maximum atomic E-state index is 10.0. The Morgan fingerprint density at radius 1 is 1.15 bits per heavy atom. The van der Waals surface area contributed by atoms with Crippen LogP contribution in [0.5, 0.6) is 0 Å². The van der Waals surface area contributed by atoms with E-state index >= 15 is 0 Å². The van der Waals surface area contributed by atoms with Crippen molar-refractivity contribution < 1.29 is 19.0 Å². The van der Waals surface area contributed by atoms with E-state index < -0.39 is 11.7 Å². The third-order valence-electron chi connectivity index (χ3n) is 6.71. The molecule has 9 heteroatoms. The molecule has 3 aliphatic rings. The lowest BCUT2D eigenvalue weighted by Crippen LogP contribution is -2.44. The fraction of sp³-hybridized carbons (Fsp3) is 0.840. The Bertz CT molecular complexity index is 743. The molecule has 1 unspecified atom stereocenters. The molecule has 3 N–H and O–H groups in total. The molecule has 0 bridgehead atoms. The minimum Gasteiger partial charge on any atom is -0.444 e. The number of nitrogens with one attached hydrogen (secondary N) is 1. The molecule has 0 radical (unpaired) electrons.